The molecule has 0 aromatic carbocycles. The molecule has 0 spiro atoms. The number of hydrogen-bond acceptors (Lipinski definition) is 6. The molecule has 1 fully saturated rings. The second-order valence-electron chi connectivity index (χ2n) is 5.83. The van der Waals surface area contributed by atoms with E-state index in [1.54, 1.807) is 18.3 Å². The standard InChI is InChI=1S/C16H21N5O2/c1-11-4-5-14(22)13(20-11)9-19-12-3-2-8-21(10-12)15-16(23)18-7-6-17-15/h4-7,12,19,22H,2-3,8-10H2,1H3,(H,18,23)/t12-/m0/s1. The first-order valence-corrected chi connectivity index (χ1v) is 7.81. The second kappa shape index (κ2) is 6.78. The molecular weight excluding hydrogens is 294 g/mol. The third kappa shape index (κ3) is 3.68. The Morgan fingerprint density at radius 2 is 2.35 bits per heavy atom. The summed E-state index contributed by atoms with van der Waals surface area (Å²) in [5.41, 5.74) is 1.37. The number of rotatable bonds is 4. The molecule has 1 atom stereocenters. The van der Waals surface area contributed by atoms with Gasteiger partial charge in [-0.05, 0) is 31.9 Å². The molecule has 3 heterocycles. The van der Waals surface area contributed by atoms with E-state index < -0.39 is 0 Å². The molecule has 0 saturated carbocycles. The van der Waals surface area contributed by atoms with Gasteiger partial charge in [-0.15, -0.1) is 0 Å². The van der Waals surface area contributed by atoms with E-state index in [1.165, 1.54) is 6.20 Å². The number of H-pyrrole nitrogens is 1. The summed E-state index contributed by atoms with van der Waals surface area (Å²) in [4.78, 5) is 25.1. The lowest BCUT2D eigenvalue weighted by molar-refractivity contribution is 0.407. The summed E-state index contributed by atoms with van der Waals surface area (Å²) in [6, 6.07) is 3.68. The quantitative estimate of drug-likeness (QED) is 0.777. The second-order valence-corrected chi connectivity index (χ2v) is 5.83. The van der Waals surface area contributed by atoms with Crippen LogP contribution in [-0.2, 0) is 6.54 Å². The van der Waals surface area contributed by atoms with Crippen LogP contribution >= 0.6 is 0 Å². The van der Waals surface area contributed by atoms with Gasteiger partial charge in [-0.3, -0.25) is 9.78 Å². The summed E-state index contributed by atoms with van der Waals surface area (Å²) in [5.74, 6) is 0.674. The fourth-order valence-corrected chi connectivity index (χ4v) is 2.88. The van der Waals surface area contributed by atoms with Crippen LogP contribution < -0.4 is 15.8 Å². The van der Waals surface area contributed by atoms with Crippen molar-refractivity contribution in [3.8, 4) is 5.75 Å². The van der Waals surface area contributed by atoms with Gasteiger partial charge in [0.15, 0.2) is 5.82 Å². The van der Waals surface area contributed by atoms with Gasteiger partial charge >= 0.3 is 0 Å². The third-order valence-electron chi connectivity index (χ3n) is 4.06. The van der Waals surface area contributed by atoms with Crippen molar-refractivity contribution in [3.63, 3.8) is 0 Å². The average Bonchev–Trinajstić information content (AvgIpc) is 2.56. The highest BCUT2D eigenvalue weighted by atomic mass is 16.3. The molecule has 0 aliphatic carbocycles. The van der Waals surface area contributed by atoms with E-state index >= 15 is 0 Å². The molecule has 1 aliphatic heterocycles. The number of aromatic nitrogens is 3. The van der Waals surface area contributed by atoms with Crippen LogP contribution in [0, 0.1) is 6.92 Å². The maximum absolute atomic E-state index is 11.9. The van der Waals surface area contributed by atoms with Crippen LogP contribution in [0.2, 0.25) is 0 Å². The highest BCUT2D eigenvalue weighted by molar-refractivity contribution is 5.36. The molecule has 0 bridgehead atoms. The van der Waals surface area contributed by atoms with Gasteiger partial charge in [-0.25, -0.2) is 4.98 Å². The van der Waals surface area contributed by atoms with E-state index in [-0.39, 0.29) is 17.4 Å². The Bertz CT molecular complexity index is 730. The number of piperidine rings is 1. The van der Waals surface area contributed by atoms with Crippen molar-refractivity contribution in [2.24, 2.45) is 0 Å². The zero-order valence-corrected chi connectivity index (χ0v) is 13.1. The molecular formula is C16H21N5O2. The lowest BCUT2D eigenvalue weighted by atomic mass is 10.1. The lowest BCUT2D eigenvalue weighted by Gasteiger charge is -2.33. The van der Waals surface area contributed by atoms with Gasteiger partial charge in [0, 0.05) is 43.8 Å². The van der Waals surface area contributed by atoms with E-state index in [9.17, 15) is 9.90 Å². The van der Waals surface area contributed by atoms with E-state index in [2.05, 4.69) is 20.3 Å². The van der Waals surface area contributed by atoms with Crippen LogP contribution in [0.25, 0.3) is 0 Å². The number of anilines is 1. The van der Waals surface area contributed by atoms with E-state index in [0.29, 0.717) is 24.6 Å². The highest BCUT2D eigenvalue weighted by Gasteiger charge is 2.22. The summed E-state index contributed by atoms with van der Waals surface area (Å²) < 4.78 is 0. The summed E-state index contributed by atoms with van der Waals surface area (Å²) in [5, 5.41) is 13.3. The van der Waals surface area contributed by atoms with Crippen molar-refractivity contribution in [2.75, 3.05) is 18.0 Å². The van der Waals surface area contributed by atoms with Crippen LogP contribution in [0.1, 0.15) is 24.2 Å². The number of hydrogen-bond donors (Lipinski definition) is 3. The van der Waals surface area contributed by atoms with Gasteiger partial charge in [0.1, 0.15) is 5.75 Å². The number of nitrogens with zero attached hydrogens (tertiary/aromatic N) is 3. The minimum atomic E-state index is -0.161. The van der Waals surface area contributed by atoms with E-state index in [0.717, 1.165) is 25.1 Å². The molecule has 1 saturated heterocycles. The van der Waals surface area contributed by atoms with E-state index in [1.807, 2.05) is 11.8 Å². The Balaban J connectivity index is 1.64. The molecule has 2 aromatic heterocycles. The van der Waals surface area contributed by atoms with E-state index in [4.69, 9.17) is 0 Å². The topological polar surface area (TPSA) is 94.1 Å². The van der Waals surface area contributed by atoms with Crippen LogP contribution in [0.5, 0.6) is 5.75 Å². The third-order valence-corrected chi connectivity index (χ3v) is 4.06. The Morgan fingerprint density at radius 1 is 1.48 bits per heavy atom. The van der Waals surface area contributed by atoms with Gasteiger partial charge in [0.25, 0.3) is 5.56 Å². The van der Waals surface area contributed by atoms with Crippen LogP contribution in [0.3, 0.4) is 0 Å². The van der Waals surface area contributed by atoms with Crippen LogP contribution in [-0.4, -0.2) is 39.2 Å². The van der Waals surface area contributed by atoms with Crippen molar-refractivity contribution < 1.29 is 5.11 Å². The zero-order chi connectivity index (χ0) is 16.2. The summed E-state index contributed by atoms with van der Waals surface area (Å²) >= 11 is 0. The first-order chi connectivity index (χ1) is 11.1. The lowest BCUT2D eigenvalue weighted by Crippen LogP contribution is -2.47. The first-order valence-electron chi connectivity index (χ1n) is 7.81. The number of aryl methyl sites for hydroxylation is 1. The first kappa shape index (κ1) is 15.5. The number of aromatic hydroxyl groups is 1. The molecule has 0 radical (unpaired) electrons. The van der Waals surface area contributed by atoms with Crippen molar-refractivity contribution in [1.82, 2.24) is 20.3 Å². The molecule has 2 aromatic rings. The largest absolute Gasteiger partial charge is 0.506 e. The molecule has 3 rings (SSSR count). The van der Waals surface area contributed by atoms with Crippen LogP contribution in [0.4, 0.5) is 5.82 Å². The number of nitrogens with one attached hydrogen (secondary N) is 2. The van der Waals surface area contributed by atoms with Crippen molar-refractivity contribution in [3.05, 3.63) is 46.3 Å². The maximum Gasteiger partial charge on any atom is 0.290 e. The molecule has 23 heavy (non-hydrogen) atoms. The monoisotopic (exact) mass is 315 g/mol. The fraction of sp³-hybridized carbons (Fsp3) is 0.438. The number of aromatic amines is 1. The summed E-state index contributed by atoms with van der Waals surface area (Å²) in [6.07, 6.45) is 5.15. The van der Waals surface area contributed by atoms with Crippen molar-refractivity contribution in [2.45, 2.75) is 32.4 Å². The minimum Gasteiger partial charge on any atom is -0.506 e. The maximum atomic E-state index is 11.9. The predicted octanol–water partition coefficient (Wildman–Crippen LogP) is 0.938. The highest BCUT2D eigenvalue weighted by Crippen LogP contribution is 2.17. The van der Waals surface area contributed by atoms with Gasteiger partial charge in [-0.1, -0.05) is 0 Å². The Labute approximate surface area is 134 Å². The zero-order valence-electron chi connectivity index (χ0n) is 13.1. The normalized spacial score (nSPS) is 18.1. The molecule has 0 unspecified atom stereocenters. The van der Waals surface area contributed by atoms with Gasteiger partial charge in [0.05, 0.1) is 5.69 Å². The molecule has 1 aliphatic rings. The van der Waals surface area contributed by atoms with Gasteiger partial charge in [-0.2, -0.15) is 0 Å². The SMILES string of the molecule is Cc1ccc(O)c(CN[C@H]2CCCN(c3ncc[nH]c3=O)C2)n1. The molecule has 7 heteroatoms. The molecule has 0 amide bonds. The number of pyridine rings is 1. The van der Waals surface area contributed by atoms with Gasteiger partial charge in [0.2, 0.25) is 0 Å². The fourth-order valence-electron chi connectivity index (χ4n) is 2.88. The molecule has 7 nitrogen and oxygen atoms in total. The molecule has 122 valence electrons. The van der Waals surface area contributed by atoms with Crippen molar-refractivity contribution >= 4 is 5.82 Å². The van der Waals surface area contributed by atoms with Crippen molar-refractivity contribution in [1.29, 1.82) is 0 Å². The Morgan fingerprint density at radius 3 is 3.17 bits per heavy atom. The van der Waals surface area contributed by atoms with Crippen LogP contribution in [0.15, 0.2) is 29.3 Å². The smallest absolute Gasteiger partial charge is 0.290 e. The Hall–Kier alpha value is -2.41. The minimum absolute atomic E-state index is 0.161. The predicted molar refractivity (Wildman–Crippen MR) is 87.6 cm³/mol. The molecule has 3 N–H and O–H groups in total. The summed E-state index contributed by atoms with van der Waals surface area (Å²) in [7, 11) is 0. The summed E-state index contributed by atoms with van der Waals surface area (Å²) in [6.45, 7) is 3.95. The Kier molecular flexibility index (Phi) is 4.57. The average molecular weight is 315 g/mol. The van der Waals surface area contributed by atoms with Gasteiger partial charge < -0.3 is 20.3 Å².